The fraction of sp³-hybridized carbons (Fsp3) is 0.700. The number of hydrogen-bond donors (Lipinski definition) is 0. The van der Waals surface area contributed by atoms with Crippen LogP contribution in [0.2, 0.25) is 0 Å². The van der Waals surface area contributed by atoms with Crippen LogP contribution in [0.25, 0.3) is 0 Å². The number of carbonyl (C=O) groups excluding carboxylic acids is 3. The molecule has 0 rings (SSSR count). The van der Waals surface area contributed by atoms with Crippen LogP contribution in [0.5, 0.6) is 0 Å². The number of carbonyl (C=O) groups is 3. The summed E-state index contributed by atoms with van der Waals surface area (Å²) in [7, 11) is 2.33. The van der Waals surface area contributed by atoms with Gasteiger partial charge >= 0.3 is 11.9 Å². The zero-order valence-electron chi connectivity index (χ0n) is 9.40. The van der Waals surface area contributed by atoms with E-state index in [0.29, 0.717) is 0 Å². The van der Waals surface area contributed by atoms with Gasteiger partial charge in [0.2, 0.25) is 0 Å². The summed E-state index contributed by atoms with van der Waals surface area (Å²) in [6.45, 7) is 3.40. The van der Waals surface area contributed by atoms with Gasteiger partial charge in [-0.3, -0.25) is 14.4 Å². The number of Topliss-reactive ketones (excluding diaryl/α,β-unsaturated/α-hetero) is 1. The van der Waals surface area contributed by atoms with Crippen LogP contribution in [0.1, 0.15) is 20.3 Å². The number of hydrogen-bond acceptors (Lipinski definition) is 5. The van der Waals surface area contributed by atoms with Crippen molar-refractivity contribution in [2.24, 2.45) is 11.8 Å². The fourth-order valence-electron chi connectivity index (χ4n) is 0.984. The number of esters is 2. The molecule has 5 heteroatoms. The molecule has 0 bridgehead atoms. The molecule has 86 valence electrons. The molecule has 0 atom stereocenters. The highest BCUT2D eigenvalue weighted by Crippen LogP contribution is 2.12. The summed E-state index contributed by atoms with van der Waals surface area (Å²) < 4.78 is 8.85. The summed E-state index contributed by atoms with van der Waals surface area (Å²) in [5.74, 6) is -3.01. The molecule has 0 fully saturated rings. The van der Waals surface area contributed by atoms with Crippen molar-refractivity contribution in [3.63, 3.8) is 0 Å². The molecule has 0 radical (unpaired) electrons. The van der Waals surface area contributed by atoms with E-state index in [0.717, 1.165) is 14.2 Å². The molecule has 5 nitrogen and oxygen atoms in total. The highest BCUT2D eigenvalue weighted by atomic mass is 16.5. The van der Waals surface area contributed by atoms with E-state index in [1.165, 1.54) is 0 Å². The van der Waals surface area contributed by atoms with E-state index in [9.17, 15) is 14.4 Å². The Labute approximate surface area is 88.7 Å². The highest BCUT2D eigenvalue weighted by molar-refractivity contribution is 5.99. The number of rotatable bonds is 5. The summed E-state index contributed by atoms with van der Waals surface area (Å²) >= 11 is 0. The first kappa shape index (κ1) is 13.6. The van der Waals surface area contributed by atoms with Gasteiger partial charge in [0, 0.05) is 12.3 Å². The van der Waals surface area contributed by atoms with Crippen LogP contribution in [-0.2, 0) is 23.9 Å². The van der Waals surface area contributed by atoms with E-state index in [1.807, 2.05) is 0 Å². The normalized spacial score (nSPS) is 10.3. The average molecular weight is 216 g/mol. The van der Waals surface area contributed by atoms with Crippen LogP contribution in [0, 0.1) is 11.8 Å². The maximum Gasteiger partial charge on any atom is 0.320 e. The maximum atomic E-state index is 11.4. The van der Waals surface area contributed by atoms with Crippen molar-refractivity contribution in [2.75, 3.05) is 14.2 Å². The van der Waals surface area contributed by atoms with Crippen LogP contribution in [-0.4, -0.2) is 31.9 Å². The van der Waals surface area contributed by atoms with Gasteiger partial charge in [0.05, 0.1) is 14.2 Å². The van der Waals surface area contributed by atoms with Crippen molar-refractivity contribution < 1.29 is 23.9 Å². The lowest BCUT2D eigenvalue weighted by atomic mass is 9.96. The van der Waals surface area contributed by atoms with Gasteiger partial charge in [0.1, 0.15) is 5.78 Å². The van der Waals surface area contributed by atoms with Gasteiger partial charge in [-0.25, -0.2) is 0 Å². The minimum atomic E-state index is -1.14. The molecule has 0 aromatic heterocycles. The summed E-state index contributed by atoms with van der Waals surface area (Å²) in [4.78, 5) is 33.8. The Morgan fingerprint density at radius 1 is 1.00 bits per heavy atom. The monoisotopic (exact) mass is 216 g/mol. The Kier molecular flexibility index (Phi) is 5.59. The Morgan fingerprint density at radius 3 is 1.67 bits per heavy atom. The highest BCUT2D eigenvalue weighted by Gasteiger charge is 2.31. The van der Waals surface area contributed by atoms with E-state index in [4.69, 9.17) is 0 Å². The fourth-order valence-corrected chi connectivity index (χ4v) is 0.984. The predicted octanol–water partition coefficient (Wildman–Crippen LogP) is 0.564. The van der Waals surface area contributed by atoms with Crippen LogP contribution < -0.4 is 0 Å². The van der Waals surface area contributed by atoms with E-state index in [1.54, 1.807) is 13.8 Å². The molecule has 0 amide bonds. The van der Waals surface area contributed by atoms with Crippen LogP contribution in [0.15, 0.2) is 0 Å². The lowest BCUT2D eigenvalue weighted by Gasteiger charge is -2.12. The first-order chi connectivity index (χ1) is 6.93. The van der Waals surface area contributed by atoms with Crippen molar-refractivity contribution in [3.8, 4) is 0 Å². The quantitative estimate of drug-likeness (QED) is 0.496. The molecular formula is C10H16O5. The molecule has 0 spiro atoms. The first-order valence-corrected chi connectivity index (χ1v) is 4.62. The topological polar surface area (TPSA) is 69.7 Å². The van der Waals surface area contributed by atoms with Crippen LogP contribution in [0.3, 0.4) is 0 Å². The van der Waals surface area contributed by atoms with E-state index >= 15 is 0 Å². The minimum Gasteiger partial charge on any atom is -0.468 e. The second-order valence-corrected chi connectivity index (χ2v) is 3.42. The molecule has 0 saturated carbocycles. The van der Waals surface area contributed by atoms with Crippen LogP contribution >= 0.6 is 0 Å². The second kappa shape index (κ2) is 6.16. The van der Waals surface area contributed by atoms with Gasteiger partial charge in [-0.1, -0.05) is 13.8 Å². The third-order valence-corrected chi connectivity index (χ3v) is 2.02. The minimum absolute atomic E-state index is 0.170. The second-order valence-electron chi connectivity index (χ2n) is 3.42. The van der Waals surface area contributed by atoms with Gasteiger partial charge in [0.15, 0.2) is 5.92 Å². The maximum absolute atomic E-state index is 11.4. The SMILES string of the molecule is COC(=O)C(CC(=O)C(C)C)C(=O)OC. The summed E-state index contributed by atoms with van der Waals surface area (Å²) in [6.07, 6.45) is -0.170. The summed E-state index contributed by atoms with van der Waals surface area (Å²) in [6, 6.07) is 0. The van der Waals surface area contributed by atoms with Crippen molar-refractivity contribution in [2.45, 2.75) is 20.3 Å². The molecule has 0 unspecified atom stereocenters. The van der Waals surface area contributed by atoms with E-state index in [2.05, 4.69) is 9.47 Å². The van der Waals surface area contributed by atoms with Gasteiger partial charge in [-0.15, -0.1) is 0 Å². The zero-order chi connectivity index (χ0) is 12.0. The first-order valence-electron chi connectivity index (χ1n) is 4.62. The number of methoxy groups -OCH3 is 2. The van der Waals surface area contributed by atoms with Gasteiger partial charge in [-0.05, 0) is 0 Å². The lowest BCUT2D eigenvalue weighted by molar-refractivity contribution is -0.160. The standard InChI is InChI=1S/C10H16O5/c1-6(2)8(11)5-7(9(12)14-3)10(13)15-4/h6-7H,5H2,1-4H3. The third-order valence-electron chi connectivity index (χ3n) is 2.02. The predicted molar refractivity (Wildman–Crippen MR) is 52.0 cm³/mol. The van der Waals surface area contributed by atoms with Crippen molar-refractivity contribution >= 4 is 17.7 Å². The zero-order valence-corrected chi connectivity index (χ0v) is 9.40. The third kappa shape index (κ3) is 4.10. The number of ether oxygens (including phenoxy) is 2. The van der Waals surface area contributed by atoms with E-state index < -0.39 is 17.9 Å². The molecule has 0 N–H and O–H groups in total. The molecule has 0 aliphatic carbocycles. The number of ketones is 1. The van der Waals surface area contributed by atoms with Crippen molar-refractivity contribution in [3.05, 3.63) is 0 Å². The lowest BCUT2D eigenvalue weighted by Crippen LogP contribution is -2.30. The molecule has 0 aromatic carbocycles. The summed E-state index contributed by atoms with van der Waals surface area (Å²) in [5, 5.41) is 0. The molecule has 0 aliphatic heterocycles. The van der Waals surface area contributed by atoms with Gasteiger partial charge < -0.3 is 9.47 Å². The van der Waals surface area contributed by atoms with Crippen molar-refractivity contribution in [1.29, 1.82) is 0 Å². The average Bonchev–Trinajstić information content (AvgIpc) is 2.23. The molecule has 0 heterocycles. The largest absolute Gasteiger partial charge is 0.468 e. The molecule has 15 heavy (non-hydrogen) atoms. The van der Waals surface area contributed by atoms with Gasteiger partial charge in [-0.2, -0.15) is 0 Å². The smallest absolute Gasteiger partial charge is 0.320 e. The molecule has 0 aliphatic rings. The summed E-state index contributed by atoms with van der Waals surface area (Å²) in [5.41, 5.74) is 0. The molecule has 0 saturated heterocycles. The van der Waals surface area contributed by atoms with Crippen molar-refractivity contribution in [1.82, 2.24) is 0 Å². The Balaban J connectivity index is 4.59. The Morgan fingerprint density at radius 2 is 1.40 bits per heavy atom. The van der Waals surface area contributed by atoms with Crippen LogP contribution in [0.4, 0.5) is 0 Å². The Bertz CT molecular complexity index is 241. The Hall–Kier alpha value is -1.39. The van der Waals surface area contributed by atoms with Gasteiger partial charge in [0.25, 0.3) is 0 Å². The molecule has 0 aromatic rings. The molecular weight excluding hydrogens is 200 g/mol. The van der Waals surface area contributed by atoms with E-state index in [-0.39, 0.29) is 18.1 Å².